The van der Waals surface area contributed by atoms with E-state index >= 15 is 0 Å². The molecule has 3 heterocycles. The summed E-state index contributed by atoms with van der Waals surface area (Å²) < 4.78 is 3.68. The molecule has 3 aromatic rings. The van der Waals surface area contributed by atoms with Crippen LogP contribution in [-0.2, 0) is 7.05 Å². The molecule has 0 atom stereocenters. The van der Waals surface area contributed by atoms with Gasteiger partial charge in [0, 0.05) is 31.1 Å². The van der Waals surface area contributed by atoms with Gasteiger partial charge in [-0.05, 0) is 31.0 Å². The van der Waals surface area contributed by atoms with Crippen LogP contribution in [0.4, 0.5) is 0 Å². The second-order valence-corrected chi connectivity index (χ2v) is 6.95. The van der Waals surface area contributed by atoms with Crippen molar-refractivity contribution in [1.29, 1.82) is 0 Å². The van der Waals surface area contributed by atoms with Crippen molar-refractivity contribution in [3.63, 3.8) is 0 Å². The third-order valence-corrected chi connectivity index (χ3v) is 5.48. The van der Waals surface area contributed by atoms with Gasteiger partial charge < -0.3 is 9.58 Å². The van der Waals surface area contributed by atoms with Gasteiger partial charge in [-0.25, -0.2) is 4.68 Å². The zero-order valence-corrected chi connectivity index (χ0v) is 14.6. The molecule has 130 valence electrons. The summed E-state index contributed by atoms with van der Waals surface area (Å²) in [5, 5.41) is 2.92. The molecule has 5 rings (SSSR count). The molecule has 0 unspecified atom stereocenters. The van der Waals surface area contributed by atoms with Crippen LogP contribution < -0.4 is 16.0 Å². The summed E-state index contributed by atoms with van der Waals surface area (Å²) in [7, 11) is 1.92. The van der Waals surface area contributed by atoms with Crippen LogP contribution in [-0.4, -0.2) is 22.3 Å². The number of hydrogen-bond acceptors (Lipinski definition) is 3. The molecule has 0 bridgehead atoms. The first-order valence-electron chi connectivity index (χ1n) is 8.98. The Balaban J connectivity index is 1.96. The van der Waals surface area contributed by atoms with Crippen LogP contribution in [0.15, 0.2) is 58.1 Å². The van der Waals surface area contributed by atoms with Crippen molar-refractivity contribution in [1.82, 2.24) is 9.24 Å². The van der Waals surface area contributed by atoms with E-state index in [-0.39, 0.29) is 16.4 Å². The Morgan fingerprint density at radius 2 is 1.73 bits per heavy atom. The molecule has 2 aliphatic rings. The summed E-state index contributed by atoms with van der Waals surface area (Å²) in [4.78, 5) is 26.6. The lowest BCUT2D eigenvalue weighted by atomic mass is 10.0. The maximum atomic E-state index is 13.5. The smallest absolute Gasteiger partial charge is 0.282 e. The molecule has 0 N–H and O–H groups in total. The highest BCUT2D eigenvalue weighted by Gasteiger charge is 2.23. The van der Waals surface area contributed by atoms with Crippen molar-refractivity contribution in [3.8, 4) is 0 Å². The molecule has 1 aliphatic carbocycles. The summed E-state index contributed by atoms with van der Waals surface area (Å²) in [5.74, 6) is 0. The molecule has 1 fully saturated rings. The van der Waals surface area contributed by atoms with E-state index in [1.807, 2.05) is 54.1 Å². The van der Waals surface area contributed by atoms with Crippen LogP contribution in [0.25, 0.3) is 27.4 Å². The number of pyridine rings is 2. The number of allylic oxidation sites excluding steroid dienone is 4. The standard InChI is InChI=1S/C21H19N3O2/c1-22-16-10-3-2-9-15(16)20(25)19-18(22)13-17(14-7-6-8-14)24(21(19)26)23-11-4-5-12-23/h2-3,6-10,13H,4-5,11-12H2,1H3. The van der Waals surface area contributed by atoms with Gasteiger partial charge in [0.1, 0.15) is 5.39 Å². The van der Waals surface area contributed by atoms with E-state index in [4.69, 9.17) is 0 Å². The highest BCUT2D eigenvalue weighted by atomic mass is 16.1. The van der Waals surface area contributed by atoms with Gasteiger partial charge in [0.2, 0.25) is 5.43 Å². The van der Waals surface area contributed by atoms with Crippen LogP contribution >= 0.6 is 0 Å². The summed E-state index contributed by atoms with van der Waals surface area (Å²) in [6.07, 6.45) is 8.11. The topological polar surface area (TPSA) is 47.2 Å². The van der Waals surface area contributed by atoms with E-state index in [1.54, 1.807) is 10.7 Å². The molecule has 0 radical (unpaired) electrons. The first kappa shape index (κ1) is 15.2. The second kappa shape index (κ2) is 5.46. The summed E-state index contributed by atoms with van der Waals surface area (Å²) in [5.41, 5.74) is 3.01. The first-order valence-corrected chi connectivity index (χ1v) is 8.98. The lowest BCUT2D eigenvalue weighted by molar-refractivity contribution is 0.636. The molecule has 5 nitrogen and oxygen atoms in total. The van der Waals surface area contributed by atoms with Crippen LogP contribution in [0.5, 0.6) is 0 Å². The maximum absolute atomic E-state index is 13.5. The Morgan fingerprint density at radius 3 is 2.42 bits per heavy atom. The zero-order valence-electron chi connectivity index (χ0n) is 14.6. The summed E-state index contributed by atoms with van der Waals surface area (Å²) in [6.45, 7) is 1.67. The number of hydrogen-bond donors (Lipinski definition) is 0. The van der Waals surface area contributed by atoms with E-state index < -0.39 is 0 Å². The van der Waals surface area contributed by atoms with Crippen molar-refractivity contribution in [2.45, 2.75) is 12.8 Å². The Hall–Kier alpha value is -3.08. The number of aromatic nitrogens is 2. The molecule has 2 aromatic heterocycles. The van der Waals surface area contributed by atoms with Gasteiger partial charge in [-0.1, -0.05) is 30.4 Å². The molecule has 0 saturated carbocycles. The fraction of sp³-hybridized carbons (Fsp3) is 0.238. The second-order valence-electron chi connectivity index (χ2n) is 6.95. The van der Waals surface area contributed by atoms with Crippen LogP contribution in [0, 0.1) is 0 Å². The number of fused-ring (bicyclic) bond motifs is 2. The number of para-hydroxylation sites is 1. The lowest BCUT2D eigenvalue weighted by Crippen LogP contribution is -2.43. The molecule has 26 heavy (non-hydrogen) atoms. The van der Waals surface area contributed by atoms with Gasteiger partial charge in [-0.2, -0.15) is 0 Å². The zero-order chi connectivity index (χ0) is 17.8. The first-order chi connectivity index (χ1) is 12.7. The van der Waals surface area contributed by atoms with E-state index in [1.165, 1.54) is 0 Å². The van der Waals surface area contributed by atoms with E-state index in [0.29, 0.717) is 10.9 Å². The minimum absolute atomic E-state index is 0.184. The van der Waals surface area contributed by atoms with E-state index in [9.17, 15) is 9.59 Å². The third-order valence-electron chi connectivity index (χ3n) is 5.48. The Kier molecular flexibility index (Phi) is 3.19. The Bertz CT molecular complexity index is 1240. The third kappa shape index (κ3) is 1.97. The predicted molar refractivity (Wildman–Crippen MR) is 105 cm³/mol. The van der Waals surface area contributed by atoms with Crippen LogP contribution in [0.1, 0.15) is 18.5 Å². The van der Waals surface area contributed by atoms with Crippen molar-refractivity contribution in [2.75, 3.05) is 18.1 Å². The molecular formula is C21H19N3O2. The SMILES string of the molecule is Cn1c2ccccc2c(=O)c2c(=O)n(N3CCCC3)c(C3=CC=C3)cc21. The predicted octanol–water partition coefficient (Wildman–Crippen LogP) is 2.54. The van der Waals surface area contributed by atoms with Gasteiger partial charge in [-0.15, -0.1) is 0 Å². The summed E-state index contributed by atoms with van der Waals surface area (Å²) in [6, 6.07) is 9.45. The maximum Gasteiger partial charge on any atom is 0.282 e. The quantitative estimate of drug-likeness (QED) is 0.671. The van der Waals surface area contributed by atoms with Crippen molar-refractivity contribution in [3.05, 3.63) is 74.8 Å². The Labute approximate surface area is 150 Å². The van der Waals surface area contributed by atoms with Crippen molar-refractivity contribution >= 4 is 27.4 Å². The van der Waals surface area contributed by atoms with Gasteiger partial charge in [0.15, 0.2) is 0 Å². The highest BCUT2D eigenvalue weighted by molar-refractivity contribution is 5.95. The number of rotatable bonds is 2. The van der Waals surface area contributed by atoms with E-state index in [2.05, 4.69) is 5.01 Å². The minimum atomic E-state index is -0.216. The van der Waals surface area contributed by atoms with Crippen molar-refractivity contribution < 1.29 is 0 Å². The van der Waals surface area contributed by atoms with Crippen LogP contribution in [0.3, 0.4) is 0 Å². The largest absolute Gasteiger partial charge is 0.343 e. The molecule has 1 saturated heterocycles. The van der Waals surface area contributed by atoms with Crippen molar-refractivity contribution in [2.24, 2.45) is 7.05 Å². The normalized spacial score (nSPS) is 16.3. The van der Waals surface area contributed by atoms with Gasteiger partial charge in [-0.3, -0.25) is 9.59 Å². The van der Waals surface area contributed by atoms with E-state index in [0.717, 1.165) is 42.7 Å². The molecular weight excluding hydrogens is 326 g/mol. The molecule has 1 aromatic carbocycles. The minimum Gasteiger partial charge on any atom is -0.343 e. The molecule has 1 aliphatic heterocycles. The van der Waals surface area contributed by atoms with Gasteiger partial charge in [0.05, 0.1) is 16.7 Å². The van der Waals surface area contributed by atoms with Gasteiger partial charge >= 0.3 is 0 Å². The number of aryl methyl sites for hydroxylation is 1. The molecule has 0 amide bonds. The fourth-order valence-corrected chi connectivity index (χ4v) is 4.04. The average Bonchev–Trinajstić information content (AvgIpc) is 3.12. The Morgan fingerprint density at radius 1 is 1.00 bits per heavy atom. The summed E-state index contributed by atoms with van der Waals surface area (Å²) >= 11 is 0. The number of benzene rings is 1. The molecule has 0 spiro atoms. The highest BCUT2D eigenvalue weighted by Crippen LogP contribution is 2.26. The van der Waals surface area contributed by atoms with Crippen LogP contribution in [0.2, 0.25) is 0 Å². The van der Waals surface area contributed by atoms with Gasteiger partial charge in [0.25, 0.3) is 5.56 Å². The lowest BCUT2D eigenvalue weighted by Gasteiger charge is -2.26. The average molecular weight is 345 g/mol. The number of nitrogens with zero attached hydrogens (tertiary/aromatic N) is 3. The monoisotopic (exact) mass is 345 g/mol. The molecule has 5 heteroatoms. The fourth-order valence-electron chi connectivity index (χ4n) is 4.04.